The van der Waals surface area contributed by atoms with Gasteiger partial charge in [0, 0.05) is 6.04 Å². The van der Waals surface area contributed by atoms with Crippen molar-refractivity contribution in [1.82, 2.24) is 14.8 Å². The van der Waals surface area contributed by atoms with Gasteiger partial charge < -0.3 is 4.57 Å². The molecule has 0 unspecified atom stereocenters. The maximum Gasteiger partial charge on any atom is 0.192 e. The number of rotatable bonds is 4. The van der Waals surface area contributed by atoms with Gasteiger partial charge >= 0.3 is 0 Å². The third-order valence-corrected chi connectivity index (χ3v) is 4.78. The van der Waals surface area contributed by atoms with Gasteiger partial charge in [-0.3, -0.25) is 0 Å². The average molecular weight is 264 g/mol. The first-order valence-electron chi connectivity index (χ1n) is 6.68. The van der Waals surface area contributed by atoms with E-state index >= 15 is 0 Å². The van der Waals surface area contributed by atoms with Crippen LogP contribution in [-0.2, 0) is 0 Å². The lowest BCUT2D eigenvalue weighted by atomic mass is 9.87. The van der Waals surface area contributed by atoms with Crippen molar-refractivity contribution in [1.29, 1.82) is 5.26 Å². The first-order chi connectivity index (χ1) is 8.72. The van der Waals surface area contributed by atoms with E-state index in [2.05, 4.69) is 30.1 Å². The van der Waals surface area contributed by atoms with Crippen LogP contribution >= 0.6 is 11.8 Å². The highest BCUT2D eigenvalue weighted by molar-refractivity contribution is 8.00. The summed E-state index contributed by atoms with van der Waals surface area (Å²) < 4.78 is 2.04. The molecule has 0 aliphatic heterocycles. The predicted octanol–water partition coefficient (Wildman–Crippen LogP) is 3.42. The Morgan fingerprint density at radius 3 is 2.72 bits per heavy atom. The van der Waals surface area contributed by atoms with Crippen molar-refractivity contribution in [2.75, 3.05) is 0 Å². The lowest BCUT2D eigenvalue weighted by Gasteiger charge is -2.25. The van der Waals surface area contributed by atoms with Crippen molar-refractivity contribution in [3.05, 3.63) is 6.33 Å². The molecule has 0 N–H and O–H groups in total. The summed E-state index contributed by atoms with van der Waals surface area (Å²) in [7, 11) is 0. The molecule has 98 valence electrons. The Labute approximate surface area is 113 Å². The molecule has 0 spiro atoms. The van der Waals surface area contributed by atoms with Gasteiger partial charge in [0.25, 0.3) is 0 Å². The van der Waals surface area contributed by atoms with Gasteiger partial charge in [0.15, 0.2) is 5.16 Å². The highest BCUT2D eigenvalue weighted by Gasteiger charge is 2.26. The fourth-order valence-corrected chi connectivity index (χ4v) is 3.67. The van der Waals surface area contributed by atoms with E-state index < -0.39 is 0 Å². The molecule has 0 radical (unpaired) electrons. The molecule has 5 heteroatoms. The van der Waals surface area contributed by atoms with Crippen molar-refractivity contribution in [3.63, 3.8) is 0 Å². The molecule has 0 bridgehead atoms. The zero-order valence-electron chi connectivity index (χ0n) is 11.0. The minimum Gasteiger partial charge on any atom is -0.306 e. The summed E-state index contributed by atoms with van der Waals surface area (Å²) in [5, 5.41) is 18.4. The van der Waals surface area contributed by atoms with Crippen LogP contribution in [0.3, 0.4) is 0 Å². The lowest BCUT2D eigenvalue weighted by molar-refractivity contribution is 0.369. The predicted molar refractivity (Wildman–Crippen MR) is 72.2 cm³/mol. The summed E-state index contributed by atoms with van der Waals surface area (Å²) in [6.07, 6.45) is 7.96. The third-order valence-electron chi connectivity index (χ3n) is 3.53. The molecule has 1 aromatic rings. The molecule has 2 rings (SSSR count). The van der Waals surface area contributed by atoms with E-state index in [1.807, 2.05) is 4.57 Å². The fourth-order valence-electron chi connectivity index (χ4n) is 2.45. The standard InChI is InChI=1S/C13H20N4S/c1-10(2)17-9-15-16-13(17)18-12(8-14)11-6-4-3-5-7-11/h9-12H,3-7H2,1-2H3/t12-/m0/s1. The van der Waals surface area contributed by atoms with Gasteiger partial charge in [0.2, 0.25) is 0 Å². The van der Waals surface area contributed by atoms with Crippen LogP contribution in [-0.4, -0.2) is 20.0 Å². The van der Waals surface area contributed by atoms with Crippen LogP contribution in [0.2, 0.25) is 0 Å². The summed E-state index contributed by atoms with van der Waals surface area (Å²) in [5.74, 6) is 0.520. The number of nitrogens with zero attached hydrogens (tertiary/aromatic N) is 4. The lowest BCUT2D eigenvalue weighted by Crippen LogP contribution is -2.19. The van der Waals surface area contributed by atoms with Gasteiger partial charge in [-0.25, -0.2) is 0 Å². The van der Waals surface area contributed by atoms with Crippen LogP contribution in [0.5, 0.6) is 0 Å². The Hall–Kier alpha value is -1.02. The van der Waals surface area contributed by atoms with Gasteiger partial charge in [-0.15, -0.1) is 10.2 Å². The van der Waals surface area contributed by atoms with Crippen LogP contribution in [0.25, 0.3) is 0 Å². The highest BCUT2D eigenvalue weighted by Crippen LogP contribution is 2.35. The zero-order valence-corrected chi connectivity index (χ0v) is 11.9. The van der Waals surface area contributed by atoms with Gasteiger partial charge in [0.1, 0.15) is 11.6 Å². The van der Waals surface area contributed by atoms with Crippen molar-refractivity contribution in [2.24, 2.45) is 5.92 Å². The summed E-state index contributed by atoms with van der Waals surface area (Å²) in [4.78, 5) is 0. The Morgan fingerprint density at radius 1 is 1.39 bits per heavy atom. The number of aromatic nitrogens is 3. The molecule has 0 amide bonds. The number of hydrogen-bond acceptors (Lipinski definition) is 4. The minimum absolute atomic E-state index is 0.0204. The highest BCUT2D eigenvalue weighted by atomic mass is 32.2. The Bertz CT molecular complexity index is 415. The molecule has 0 aromatic carbocycles. The molecule has 1 saturated carbocycles. The fraction of sp³-hybridized carbons (Fsp3) is 0.769. The molecule has 1 atom stereocenters. The third kappa shape index (κ3) is 3.05. The van der Waals surface area contributed by atoms with Gasteiger partial charge in [-0.05, 0) is 32.6 Å². The molecule has 1 aromatic heterocycles. The first kappa shape index (κ1) is 13.4. The Balaban J connectivity index is 2.05. The SMILES string of the molecule is CC(C)n1cnnc1S[C@@H](C#N)C1CCCCC1. The topological polar surface area (TPSA) is 54.5 Å². The van der Waals surface area contributed by atoms with Crippen LogP contribution in [0.1, 0.15) is 52.0 Å². The van der Waals surface area contributed by atoms with Crippen LogP contribution < -0.4 is 0 Å². The first-order valence-corrected chi connectivity index (χ1v) is 7.56. The van der Waals surface area contributed by atoms with E-state index in [1.165, 1.54) is 32.1 Å². The minimum atomic E-state index is 0.0204. The molecular formula is C13H20N4S. The van der Waals surface area contributed by atoms with Crippen molar-refractivity contribution in [2.45, 2.75) is 62.4 Å². The second-order valence-electron chi connectivity index (χ2n) is 5.18. The number of hydrogen-bond donors (Lipinski definition) is 0. The average Bonchev–Trinajstić information content (AvgIpc) is 2.85. The van der Waals surface area contributed by atoms with Crippen molar-refractivity contribution >= 4 is 11.8 Å². The molecule has 1 aliphatic rings. The number of nitriles is 1. The van der Waals surface area contributed by atoms with Gasteiger partial charge in [-0.2, -0.15) is 5.26 Å². The summed E-state index contributed by atoms with van der Waals surface area (Å²) in [6, 6.07) is 2.80. The van der Waals surface area contributed by atoms with E-state index in [0.29, 0.717) is 12.0 Å². The monoisotopic (exact) mass is 264 g/mol. The maximum atomic E-state index is 9.38. The van der Waals surface area contributed by atoms with Crippen LogP contribution in [0.4, 0.5) is 0 Å². The molecule has 1 aliphatic carbocycles. The maximum absolute atomic E-state index is 9.38. The van der Waals surface area contributed by atoms with Crippen molar-refractivity contribution < 1.29 is 0 Å². The number of thioether (sulfide) groups is 1. The van der Waals surface area contributed by atoms with Crippen molar-refractivity contribution in [3.8, 4) is 6.07 Å². The van der Waals surface area contributed by atoms with Gasteiger partial charge in [0.05, 0.1) is 6.07 Å². The summed E-state index contributed by atoms with van der Waals surface area (Å²) >= 11 is 1.59. The van der Waals surface area contributed by atoms with E-state index in [1.54, 1.807) is 18.1 Å². The molecule has 1 fully saturated rings. The largest absolute Gasteiger partial charge is 0.306 e. The summed E-state index contributed by atoms with van der Waals surface area (Å²) in [5.41, 5.74) is 0. The Morgan fingerprint density at radius 2 is 2.11 bits per heavy atom. The smallest absolute Gasteiger partial charge is 0.192 e. The van der Waals surface area contributed by atoms with Gasteiger partial charge in [-0.1, -0.05) is 31.0 Å². The molecule has 0 saturated heterocycles. The molecule has 4 nitrogen and oxygen atoms in total. The van der Waals surface area contributed by atoms with E-state index in [4.69, 9.17) is 0 Å². The van der Waals surface area contributed by atoms with E-state index in [9.17, 15) is 5.26 Å². The second kappa shape index (κ2) is 6.24. The van der Waals surface area contributed by atoms with Crippen LogP contribution in [0.15, 0.2) is 11.5 Å². The molecule has 1 heterocycles. The molecular weight excluding hydrogens is 244 g/mol. The second-order valence-corrected chi connectivity index (χ2v) is 6.29. The summed E-state index contributed by atoms with van der Waals surface area (Å²) in [6.45, 7) is 4.21. The Kier molecular flexibility index (Phi) is 4.65. The van der Waals surface area contributed by atoms with E-state index in [0.717, 1.165) is 5.16 Å². The molecule has 18 heavy (non-hydrogen) atoms. The zero-order chi connectivity index (χ0) is 13.0. The normalized spacial score (nSPS) is 18.8. The van der Waals surface area contributed by atoms with Crippen LogP contribution in [0, 0.1) is 17.2 Å². The van der Waals surface area contributed by atoms with E-state index in [-0.39, 0.29) is 5.25 Å². The quantitative estimate of drug-likeness (QED) is 0.782.